The van der Waals surface area contributed by atoms with Crippen molar-refractivity contribution in [2.45, 2.75) is 25.9 Å². The number of benzene rings is 2. The highest BCUT2D eigenvalue weighted by Crippen LogP contribution is 2.54. The van der Waals surface area contributed by atoms with E-state index in [4.69, 9.17) is 11.6 Å². The number of carbonyl (C=O) groups excluding carboxylic acids is 1. The molecule has 5 nitrogen and oxygen atoms in total. The molecule has 2 aromatic carbocycles. The number of fused-ring (bicyclic) bond motifs is 8. The van der Waals surface area contributed by atoms with Crippen molar-refractivity contribution in [3.05, 3.63) is 68.4 Å². The average Bonchev–Trinajstić information content (AvgIpc) is 3.17. The maximum absolute atomic E-state index is 15.2. The van der Waals surface area contributed by atoms with Crippen LogP contribution in [0.5, 0.6) is 0 Å². The molecule has 0 unspecified atom stereocenters. The van der Waals surface area contributed by atoms with Crippen molar-refractivity contribution in [2.75, 3.05) is 4.90 Å². The Labute approximate surface area is 179 Å². The number of anilines is 1. The van der Waals surface area contributed by atoms with E-state index in [0.717, 1.165) is 5.56 Å². The molecular formula is C21H13BrClFN4O. The molecule has 29 heavy (non-hydrogen) atoms. The minimum Gasteiger partial charge on any atom is -0.317 e. The lowest BCUT2D eigenvalue weighted by atomic mass is 9.86. The van der Waals surface area contributed by atoms with E-state index in [1.165, 1.54) is 11.0 Å². The third-order valence-corrected chi connectivity index (χ3v) is 6.29. The van der Waals surface area contributed by atoms with Crippen LogP contribution in [0.1, 0.15) is 53.2 Å². The number of amides is 1. The Bertz CT molecular complexity index is 1280. The smallest absolute Gasteiger partial charge is 0.279 e. The summed E-state index contributed by atoms with van der Waals surface area (Å²) in [6, 6.07) is 10.0. The van der Waals surface area contributed by atoms with Crippen LogP contribution in [0.15, 0.2) is 35.1 Å². The van der Waals surface area contributed by atoms with Crippen molar-refractivity contribution >= 4 is 39.1 Å². The molecule has 0 N–H and O–H groups in total. The van der Waals surface area contributed by atoms with Crippen LogP contribution in [0, 0.1) is 17.1 Å². The summed E-state index contributed by atoms with van der Waals surface area (Å²) in [6.07, 6.45) is 0. The molecule has 144 valence electrons. The van der Waals surface area contributed by atoms with Crippen molar-refractivity contribution in [3.8, 4) is 17.2 Å². The second kappa shape index (κ2) is 6.15. The molecule has 1 amide bonds. The van der Waals surface area contributed by atoms with Gasteiger partial charge in [-0.25, -0.2) is 9.37 Å². The van der Waals surface area contributed by atoms with E-state index < -0.39 is 11.9 Å². The molecule has 2 aliphatic heterocycles. The summed E-state index contributed by atoms with van der Waals surface area (Å²) < 4.78 is 17.7. The lowest BCUT2D eigenvalue weighted by Crippen LogP contribution is -2.34. The van der Waals surface area contributed by atoms with Gasteiger partial charge in [-0.2, -0.15) is 5.26 Å². The van der Waals surface area contributed by atoms with Crippen LogP contribution in [0.4, 0.5) is 10.1 Å². The lowest BCUT2D eigenvalue weighted by Gasteiger charge is -2.35. The average molecular weight is 472 g/mol. The van der Waals surface area contributed by atoms with Crippen LogP contribution in [0.25, 0.3) is 11.1 Å². The molecule has 5 rings (SSSR count). The number of nitrogens with zero attached hydrogens (tertiary/aromatic N) is 4. The first kappa shape index (κ1) is 18.3. The summed E-state index contributed by atoms with van der Waals surface area (Å²) in [4.78, 5) is 19.2. The van der Waals surface area contributed by atoms with Crippen molar-refractivity contribution < 1.29 is 9.18 Å². The van der Waals surface area contributed by atoms with E-state index in [9.17, 15) is 10.1 Å². The summed E-state index contributed by atoms with van der Waals surface area (Å²) >= 11 is 9.52. The standard InChI is InChI=1S/C21H13BrClFN4O/c1-9(2)27-19-16(26-21(27)22)20(29)28-17-11(5-6-14(23)15(17)24)13-7-10(8-25)3-4-12(13)18(19)28/h3-7,9,18H,1-2H3/t18-/m1/s1. The van der Waals surface area contributed by atoms with E-state index in [1.807, 2.05) is 24.5 Å². The normalized spacial score (nSPS) is 16.4. The quantitative estimate of drug-likeness (QED) is 0.463. The maximum atomic E-state index is 15.2. The molecule has 0 saturated heterocycles. The molecule has 0 saturated carbocycles. The second-order valence-electron chi connectivity index (χ2n) is 7.33. The number of halogens is 3. The molecule has 3 aromatic rings. The molecule has 3 heterocycles. The van der Waals surface area contributed by atoms with E-state index in [1.54, 1.807) is 18.2 Å². The van der Waals surface area contributed by atoms with Gasteiger partial charge < -0.3 is 4.57 Å². The van der Waals surface area contributed by atoms with Crippen LogP contribution >= 0.6 is 27.5 Å². The minimum atomic E-state index is -0.657. The van der Waals surface area contributed by atoms with Gasteiger partial charge in [-0.1, -0.05) is 23.7 Å². The topological polar surface area (TPSA) is 61.9 Å². The molecule has 0 bridgehead atoms. The van der Waals surface area contributed by atoms with Gasteiger partial charge in [0, 0.05) is 11.6 Å². The van der Waals surface area contributed by atoms with Gasteiger partial charge in [-0.3, -0.25) is 9.69 Å². The van der Waals surface area contributed by atoms with Crippen LogP contribution in [-0.4, -0.2) is 15.5 Å². The summed E-state index contributed by atoms with van der Waals surface area (Å²) in [6.45, 7) is 3.99. The zero-order chi connectivity index (χ0) is 20.6. The Kier molecular flexibility index (Phi) is 3.89. The Morgan fingerprint density at radius 2 is 2.03 bits per heavy atom. The van der Waals surface area contributed by atoms with Crippen LogP contribution in [0.3, 0.4) is 0 Å². The third-order valence-electron chi connectivity index (χ3n) is 5.44. The highest BCUT2D eigenvalue weighted by Gasteiger charge is 2.49. The zero-order valence-corrected chi connectivity index (χ0v) is 17.7. The first-order chi connectivity index (χ1) is 13.8. The van der Waals surface area contributed by atoms with Gasteiger partial charge in [0.2, 0.25) is 0 Å². The first-order valence-corrected chi connectivity index (χ1v) is 10.2. The molecule has 0 radical (unpaired) electrons. The summed E-state index contributed by atoms with van der Waals surface area (Å²) in [5, 5.41) is 9.30. The molecule has 2 aliphatic rings. The monoisotopic (exact) mass is 470 g/mol. The SMILES string of the molecule is CC(C)n1c(Br)nc2c1[C@H]1c3ccc(C#N)cc3-c3ccc(Cl)c(F)c3N1C2=O. The van der Waals surface area contributed by atoms with Crippen LogP contribution in [0.2, 0.25) is 5.02 Å². The van der Waals surface area contributed by atoms with E-state index >= 15 is 4.39 Å². The van der Waals surface area contributed by atoms with Gasteiger partial charge in [-0.05, 0) is 59.1 Å². The molecule has 0 spiro atoms. The van der Waals surface area contributed by atoms with E-state index in [2.05, 4.69) is 27.0 Å². The van der Waals surface area contributed by atoms with E-state index in [0.29, 0.717) is 27.1 Å². The first-order valence-electron chi connectivity index (χ1n) is 8.98. The maximum Gasteiger partial charge on any atom is 0.279 e. The molecule has 0 aliphatic carbocycles. The summed E-state index contributed by atoms with van der Waals surface area (Å²) in [5.74, 6) is -1.03. The molecule has 8 heteroatoms. The fraction of sp³-hybridized carbons (Fsp3) is 0.190. The van der Waals surface area contributed by atoms with Crippen molar-refractivity contribution in [2.24, 2.45) is 0 Å². The zero-order valence-electron chi connectivity index (χ0n) is 15.4. The van der Waals surface area contributed by atoms with Gasteiger partial charge in [0.25, 0.3) is 5.91 Å². The Hall–Kier alpha value is -2.69. The minimum absolute atomic E-state index is 0.0285. The highest BCUT2D eigenvalue weighted by atomic mass is 79.9. The van der Waals surface area contributed by atoms with Gasteiger partial charge in [0.15, 0.2) is 16.2 Å². The number of hydrogen-bond donors (Lipinski definition) is 0. The number of imidazole rings is 1. The van der Waals surface area contributed by atoms with Gasteiger partial charge in [-0.15, -0.1) is 0 Å². The number of aromatic nitrogens is 2. The number of rotatable bonds is 1. The second-order valence-corrected chi connectivity index (χ2v) is 8.44. The van der Waals surface area contributed by atoms with Crippen molar-refractivity contribution in [3.63, 3.8) is 0 Å². The molecule has 1 atom stereocenters. The van der Waals surface area contributed by atoms with Gasteiger partial charge in [0.05, 0.1) is 28.0 Å². The lowest BCUT2D eigenvalue weighted by molar-refractivity contribution is 0.0988. The Morgan fingerprint density at radius 1 is 1.28 bits per heavy atom. The van der Waals surface area contributed by atoms with Crippen LogP contribution in [-0.2, 0) is 0 Å². The number of carbonyl (C=O) groups is 1. The third kappa shape index (κ3) is 2.30. The molecular weight excluding hydrogens is 459 g/mol. The highest BCUT2D eigenvalue weighted by molar-refractivity contribution is 9.10. The number of hydrogen-bond acceptors (Lipinski definition) is 3. The number of nitriles is 1. The van der Waals surface area contributed by atoms with Crippen molar-refractivity contribution in [1.29, 1.82) is 5.26 Å². The largest absolute Gasteiger partial charge is 0.317 e. The Balaban J connectivity index is 1.91. The van der Waals surface area contributed by atoms with Gasteiger partial charge in [0.1, 0.15) is 6.04 Å². The summed E-state index contributed by atoms with van der Waals surface area (Å²) in [7, 11) is 0. The predicted molar refractivity (Wildman–Crippen MR) is 111 cm³/mol. The summed E-state index contributed by atoms with van der Waals surface area (Å²) in [5.41, 5.74) is 3.64. The van der Waals surface area contributed by atoms with Crippen LogP contribution < -0.4 is 4.90 Å². The fourth-order valence-electron chi connectivity index (χ4n) is 4.29. The predicted octanol–water partition coefficient (Wildman–Crippen LogP) is 5.62. The van der Waals surface area contributed by atoms with Crippen molar-refractivity contribution in [1.82, 2.24) is 9.55 Å². The molecule has 0 fully saturated rings. The Morgan fingerprint density at radius 3 is 2.72 bits per heavy atom. The molecule has 1 aromatic heterocycles. The fourth-order valence-corrected chi connectivity index (χ4v) is 5.22. The van der Waals surface area contributed by atoms with Gasteiger partial charge >= 0.3 is 0 Å². The van der Waals surface area contributed by atoms with E-state index in [-0.39, 0.29) is 28.4 Å².